The normalized spacial score (nSPS) is 13.5. The second-order valence-electron chi connectivity index (χ2n) is 3.20. The van der Waals surface area contributed by atoms with Crippen molar-refractivity contribution in [3.63, 3.8) is 0 Å². The SMILES string of the molecule is CC(C)(C)OCCS(=O)(=O)F. The quantitative estimate of drug-likeness (QED) is 0.617. The maximum atomic E-state index is 11.9. The molecule has 0 fully saturated rings. The van der Waals surface area contributed by atoms with E-state index in [9.17, 15) is 12.3 Å². The van der Waals surface area contributed by atoms with Crippen LogP contribution in [0.1, 0.15) is 20.8 Å². The van der Waals surface area contributed by atoms with Gasteiger partial charge < -0.3 is 4.74 Å². The van der Waals surface area contributed by atoms with Gasteiger partial charge >= 0.3 is 10.2 Å². The highest BCUT2D eigenvalue weighted by Crippen LogP contribution is 2.06. The zero-order valence-electron chi connectivity index (χ0n) is 6.93. The number of hydrogen-bond donors (Lipinski definition) is 0. The Morgan fingerprint density at radius 3 is 2.09 bits per heavy atom. The molecule has 0 N–H and O–H groups in total. The average Bonchev–Trinajstić information content (AvgIpc) is 1.55. The number of hydrogen-bond acceptors (Lipinski definition) is 3. The van der Waals surface area contributed by atoms with E-state index in [1.165, 1.54) is 0 Å². The second kappa shape index (κ2) is 3.49. The van der Waals surface area contributed by atoms with Crippen LogP contribution < -0.4 is 0 Å². The molecule has 3 nitrogen and oxygen atoms in total. The van der Waals surface area contributed by atoms with Crippen molar-refractivity contribution in [3.8, 4) is 0 Å². The number of ether oxygens (including phenoxy) is 1. The Bertz CT molecular complexity index is 202. The van der Waals surface area contributed by atoms with Crippen LogP contribution in [0.5, 0.6) is 0 Å². The summed E-state index contributed by atoms with van der Waals surface area (Å²) in [5.41, 5.74) is -0.412. The Morgan fingerprint density at radius 2 is 1.82 bits per heavy atom. The van der Waals surface area contributed by atoms with E-state index in [1.54, 1.807) is 20.8 Å². The molecule has 0 aromatic rings. The summed E-state index contributed by atoms with van der Waals surface area (Å²) in [5.74, 6) is -0.565. The first-order chi connectivity index (χ1) is 4.71. The second-order valence-corrected chi connectivity index (χ2v) is 4.69. The van der Waals surface area contributed by atoms with Crippen LogP contribution in [0.4, 0.5) is 3.89 Å². The lowest BCUT2D eigenvalue weighted by molar-refractivity contribution is 0.00623. The van der Waals surface area contributed by atoms with E-state index in [4.69, 9.17) is 4.74 Å². The van der Waals surface area contributed by atoms with Crippen molar-refractivity contribution in [1.29, 1.82) is 0 Å². The molecule has 0 aliphatic heterocycles. The fraction of sp³-hybridized carbons (Fsp3) is 1.00. The van der Waals surface area contributed by atoms with Crippen LogP contribution in [0.3, 0.4) is 0 Å². The van der Waals surface area contributed by atoms with Gasteiger partial charge in [-0.2, -0.15) is 8.42 Å². The van der Waals surface area contributed by atoms with Gasteiger partial charge in [-0.25, -0.2) is 0 Å². The van der Waals surface area contributed by atoms with Crippen molar-refractivity contribution >= 4 is 10.2 Å². The fourth-order valence-corrected chi connectivity index (χ4v) is 0.730. The summed E-state index contributed by atoms with van der Waals surface area (Å²) in [6.45, 7) is 5.23. The van der Waals surface area contributed by atoms with Crippen molar-refractivity contribution in [1.82, 2.24) is 0 Å². The molecule has 0 radical (unpaired) electrons. The molecule has 0 bridgehead atoms. The molecule has 0 rings (SSSR count). The minimum Gasteiger partial charge on any atom is -0.375 e. The minimum atomic E-state index is -4.37. The minimum absolute atomic E-state index is 0.0949. The molecule has 5 heteroatoms. The summed E-state index contributed by atoms with van der Waals surface area (Å²) in [5, 5.41) is 0. The fourth-order valence-electron chi connectivity index (χ4n) is 0.447. The lowest BCUT2D eigenvalue weighted by Crippen LogP contribution is -2.22. The Balaban J connectivity index is 3.61. The van der Waals surface area contributed by atoms with Crippen LogP contribution in [0.25, 0.3) is 0 Å². The largest absolute Gasteiger partial charge is 0.375 e. The Labute approximate surface area is 66.8 Å². The van der Waals surface area contributed by atoms with Gasteiger partial charge in [-0.15, -0.1) is 3.89 Å². The third kappa shape index (κ3) is 9.84. The molecule has 0 heterocycles. The maximum Gasteiger partial charge on any atom is 0.304 e. The van der Waals surface area contributed by atoms with Crippen molar-refractivity contribution in [2.24, 2.45) is 0 Å². The van der Waals surface area contributed by atoms with Gasteiger partial charge in [-0.3, -0.25) is 0 Å². The van der Waals surface area contributed by atoms with E-state index in [1.807, 2.05) is 0 Å². The van der Waals surface area contributed by atoms with Gasteiger partial charge in [0.2, 0.25) is 0 Å². The molecular weight excluding hydrogens is 171 g/mol. The van der Waals surface area contributed by atoms with Crippen molar-refractivity contribution in [2.45, 2.75) is 26.4 Å². The molecule has 0 saturated carbocycles. The van der Waals surface area contributed by atoms with Crippen LogP contribution >= 0.6 is 0 Å². The van der Waals surface area contributed by atoms with E-state index in [-0.39, 0.29) is 6.61 Å². The molecule has 0 saturated heterocycles. The van der Waals surface area contributed by atoms with Crippen LogP contribution in [0.2, 0.25) is 0 Å². The van der Waals surface area contributed by atoms with Gasteiger partial charge in [-0.05, 0) is 20.8 Å². The zero-order chi connectivity index (χ0) is 9.12. The van der Waals surface area contributed by atoms with E-state index in [2.05, 4.69) is 0 Å². The standard InChI is InChI=1S/C6H13FO3S/c1-6(2,3)10-4-5-11(7,8)9/h4-5H2,1-3H3. The van der Waals surface area contributed by atoms with Crippen molar-refractivity contribution in [2.75, 3.05) is 12.4 Å². The lowest BCUT2D eigenvalue weighted by Gasteiger charge is -2.18. The first-order valence-corrected chi connectivity index (χ1v) is 4.82. The summed E-state index contributed by atoms with van der Waals surface area (Å²) in [4.78, 5) is 0. The third-order valence-electron chi connectivity index (χ3n) is 0.862. The molecule has 0 atom stereocenters. The molecule has 0 aliphatic carbocycles. The van der Waals surface area contributed by atoms with E-state index in [0.29, 0.717) is 0 Å². The van der Waals surface area contributed by atoms with Gasteiger partial charge in [0.15, 0.2) is 0 Å². The summed E-state index contributed by atoms with van der Waals surface area (Å²) in [6.07, 6.45) is 0. The Morgan fingerprint density at radius 1 is 1.36 bits per heavy atom. The van der Waals surface area contributed by atoms with Crippen LogP contribution in [0, 0.1) is 0 Å². The molecule has 0 unspecified atom stereocenters. The van der Waals surface area contributed by atoms with Crippen LogP contribution in [-0.4, -0.2) is 26.4 Å². The van der Waals surface area contributed by atoms with E-state index < -0.39 is 21.6 Å². The van der Waals surface area contributed by atoms with Crippen LogP contribution in [0.15, 0.2) is 0 Å². The zero-order valence-corrected chi connectivity index (χ0v) is 7.74. The molecule has 0 aliphatic rings. The molecule has 0 aromatic heterocycles. The lowest BCUT2D eigenvalue weighted by atomic mass is 10.2. The molecule has 0 amide bonds. The van der Waals surface area contributed by atoms with Crippen molar-refractivity contribution in [3.05, 3.63) is 0 Å². The van der Waals surface area contributed by atoms with Gasteiger partial charge in [0.25, 0.3) is 0 Å². The van der Waals surface area contributed by atoms with Gasteiger partial charge in [0, 0.05) is 0 Å². The number of rotatable bonds is 3. The van der Waals surface area contributed by atoms with E-state index in [0.717, 1.165) is 0 Å². The maximum absolute atomic E-state index is 11.9. The van der Waals surface area contributed by atoms with Gasteiger partial charge in [-0.1, -0.05) is 0 Å². The average molecular weight is 184 g/mol. The summed E-state index contributed by atoms with van der Waals surface area (Å²) in [6, 6.07) is 0. The highest BCUT2D eigenvalue weighted by molar-refractivity contribution is 7.86. The topological polar surface area (TPSA) is 43.4 Å². The first-order valence-electron chi connectivity index (χ1n) is 3.27. The van der Waals surface area contributed by atoms with Gasteiger partial charge in [0.1, 0.15) is 5.75 Å². The molecular formula is C6H13FO3S. The summed E-state index contributed by atoms with van der Waals surface area (Å²) in [7, 11) is -4.37. The van der Waals surface area contributed by atoms with Crippen LogP contribution in [-0.2, 0) is 15.0 Å². The summed E-state index contributed by atoms with van der Waals surface area (Å²) < 4.78 is 36.8. The highest BCUT2D eigenvalue weighted by atomic mass is 32.3. The molecule has 68 valence electrons. The Hall–Kier alpha value is -0.160. The molecule has 0 aromatic carbocycles. The smallest absolute Gasteiger partial charge is 0.304 e. The highest BCUT2D eigenvalue weighted by Gasteiger charge is 2.13. The monoisotopic (exact) mass is 184 g/mol. The molecule has 11 heavy (non-hydrogen) atoms. The molecule has 0 spiro atoms. The summed E-state index contributed by atoms with van der Waals surface area (Å²) >= 11 is 0. The number of halogens is 1. The van der Waals surface area contributed by atoms with Crippen molar-refractivity contribution < 1.29 is 17.0 Å². The van der Waals surface area contributed by atoms with E-state index >= 15 is 0 Å². The third-order valence-corrected chi connectivity index (χ3v) is 1.52. The van der Waals surface area contributed by atoms with Gasteiger partial charge in [0.05, 0.1) is 12.2 Å². The Kier molecular flexibility index (Phi) is 3.44. The first kappa shape index (κ1) is 10.8. The predicted octanol–water partition coefficient (Wildman–Crippen LogP) is 1.10. The predicted molar refractivity (Wildman–Crippen MR) is 40.6 cm³/mol.